The summed E-state index contributed by atoms with van der Waals surface area (Å²) in [5.41, 5.74) is 2.71. The molecular formula is C15H24. The molecule has 0 nitrogen and oxygen atoms in total. The molecule has 4 atom stereocenters. The van der Waals surface area contributed by atoms with Gasteiger partial charge in [-0.2, -0.15) is 0 Å². The largest absolute Gasteiger partial charge is 0.0990 e. The summed E-state index contributed by atoms with van der Waals surface area (Å²) in [6, 6.07) is 0. The van der Waals surface area contributed by atoms with E-state index in [1.807, 2.05) is 0 Å². The van der Waals surface area contributed by atoms with Crippen molar-refractivity contribution in [2.75, 3.05) is 0 Å². The maximum absolute atomic E-state index is 4.46. The first-order valence-electron chi connectivity index (χ1n) is 6.66. The predicted molar refractivity (Wildman–Crippen MR) is 64.6 cm³/mol. The van der Waals surface area contributed by atoms with Crippen LogP contribution in [0.1, 0.15) is 52.9 Å². The summed E-state index contributed by atoms with van der Waals surface area (Å²) < 4.78 is 0. The van der Waals surface area contributed by atoms with Crippen molar-refractivity contribution >= 4 is 0 Å². The molecule has 3 aliphatic carbocycles. The molecule has 0 saturated heterocycles. The molecule has 0 radical (unpaired) electrons. The highest BCUT2D eigenvalue weighted by Crippen LogP contribution is 2.70. The smallest absolute Gasteiger partial charge is 0.00849 e. The molecule has 0 N–H and O–H groups in total. The molecule has 0 aliphatic heterocycles. The van der Waals surface area contributed by atoms with E-state index in [2.05, 4.69) is 27.4 Å². The van der Waals surface area contributed by atoms with E-state index >= 15 is 0 Å². The minimum atomic E-state index is 0.515. The lowest BCUT2D eigenvalue weighted by Gasteiger charge is -2.35. The zero-order valence-corrected chi connectivity index (χ0v) is 10.5. The number of allylic oxidation sites excluding steroid dienone is 1. The Morgan fingerprint density at radius 1 is 1.13 bits per heavy atom. The van der Waals surface area contributed by atoms with E-state index in [0.717, 1.165) is 17.8 Å². The third kappa shape index (κ3) is 1.04. The van der Waals surface area contributed by atoms with Crippen LogP contribution in [0.4, 0.5) is 0 Å². The van der Waals surface area contributed by atoms with Gasteiger partial charge in [0.1, 0.15) is 0 Å². The molecular weight excluding hydrogens is 180 g/mol. The standard InChI is InChI=1S/C15H24/c1-10-11-6-7-12-13(11)14(2,3)8-5-9-15(10,12)4/h11-13H,1,5-9H2,2-4H3/t11?,12-,13?,15+/m0/s1. The van der Waals surface area contributed by atoms with Crippen LogP contribution in [0.2, 0.25) is 0 Å². The Morgan fingerprint density at radius 3 is 2.60 bits per heavy atom. The fourth-order valence-electron chi connectivity index (χ4n) is 5.28. The van der Waals surface area contributed by atoms with Crippen LogP contribution >= 0.6 is 0 Å². The third-order valence-electron chi connectivity index (χ3n) is 6.07. The number of hydrogen-bond donors (Lipinski definition) is 0. The second-order valence-electron chi connectivity index (χ2n) is 7.10. The zero-order valence-electron chi connectivity index (χ0n) is 10.5. The van der Waals surface area contributed by atoms with Crippen LogP contribution < -0.4 is 0 Å². The van der Waals surface area contributed by atoms with Crippen molar-refractivity contribution in [3.63, 3.8) is 0 Å². The lowest BCUT2D eigenvalue weighted by molar-refractivity contribution is 0.141. The molecule has 3 rings (SSSR count). The zero-order chi connectivity index (χ0) is 10.8. The van der Waals surface area contributed by atoms with Crippen LogP contribution in [0.5, 0.6) is 0 Å². The Labute approximate surface area is 94.1 Å². The van der Waals surface area contributed by atoms with Crippen molar-refractivity contribution in [2.24, 2.45) is 28.6 Å². The summed E-state index contributed by atoms with van der Waals surface area (Å²) in [5.74, 6) is 2.79. The average molecular weight is 204 g/mol. The summed E-state index contributed by atoms with van der Waals surface area (Å²) in [5, 5.41) is 0. The fourth-order valence-corrected chi connectivity index (χ4v) is 5.28. The molecule has 0 aromatic rings. The van der Waals surface area contributed by atoms with Gasteiger partial charge in [0, 0.05) is 0 Å². The molecule has 2 unspecified atom stereocenters. The van der Waals surface area contributed by atoms with Gasteiger partial charge < -0.3 is 0 Å². The number of rotatable bonds is 0. The SMILES string of the molecule is C=C1C2CC[C@H]3C2C(C)(C)CCC[C@]13C. The van der Waals surface area contributed by atoms with Crippen LogP contribution in [0.15, 0.2) is 12.2 Å². The van der Waals surface area contributed by atoms with E-state index in [4.69, 9.17) is 0 Å². The maximum Gasteiger partial charge on any atom is -0.00849 e. The molecule has 3 aliphatic rings. The molecule has 4 bridgehead atoms. The fraction of sp³-hybridized carbons (Fsp3) is 0.867. The van der Waals surface area contributed by atoms with Gasteiger partial charge in [-0.25, -0.2) is 0 Å². The first-order chi connectivity index (χ1) is 6.97. The average Bonchev–Trinajstić information content (AvgIpc) is 2.63. The van der Waals surface area contributed by atoms with Crippen molar-refractivity contribution in [1.29, 1.82) is 0 Å². The second kappa shape index (κ2) is 2.70. The Morgan fingerprint density at radius 2 is 1.87 bits per heavy atom. The van der Waals surface area contributed by atoms with Gasteiger partial charge in [0.05, 0.1) is 0 Å². The monoisotopic (exact) mass is 204 g/mol. The second-order valence-corrected chi connectivity index (χ2v) is 7.10. The normalized spacial score (nSPS) is 51.9. The van der Waals surface area contributed by atoms with Crippen LogP contribution in [0.3, 0.4) is 0 Å². The van der Waals surface area contributed by atoms with Crippen molar-refractivity contribution in [3.8, 4) is 0 Å². The maximum atomic E-state index is 4.46. The van der Waals surface area contributed by atoms with Crippen molar-refractivity contribution in [3.05, 3.63) is 12.2 Å². The van der Waals surface area contributed by atoms with E-state index in [1.165, 1.54) is 32.1 Å². The Hall–Kier alpha value is -0.260. The highest BCUT2D eigenvalue weighted by Gasteiger charge is 2.61. The Bertz CT molecular complexity index is 312. The molecule has 84 valence electrons. The van der Waals surface area contributed by atoms with E-state index < -0.39 is 0 Å². The van der Waals surface area contributed by atoms with E-state index in [0.29, 0.717) is 10.8 Å². The lowest BCUT2D eigenvalue weighted by atomic mass is 9.69. The van der Waals surface area contributed by atoms with Gasteiger partial charge in [0.2, 0.25) is 0 Å². The molecule has 0 aromatic heterocycles. The topological polar surface area (TPSA) is 0 Å². The predicted octanol–water partition coefficient (Wildman–Crippen LogP) is 4.42. The van der Waals surface area contributed by atoms with Crippen LogP contribution in [-0.2, 0) is 0 Å². The molecule has 3 fully saturated rings. The molecule has 0 aromatic carbocycles. The molecule has 0 heteroatoms. The van der Waals surface area contributed by atoms with Crippen LogP contribution in [0, 0.1) is 28.6 Å². The first-order valence-corrected chi connectivity index (χ1v) is 6.66. The summed E-state index contributed by atoms with van der Waals surface area (Å²) in [6.45, 7) is 12.0. The summed E-state index contributed by atoms with van der Waals surface area (Å²) >= 11 is 0. The van der Waals surface area contributed by atoms with Gasteiger partial charge in [0.15, 0.2) is 0 Å². The summed E-state index contributed by atoms with van der Waals surface area (Å²) in [4.78, 5) is 0. The van der Waals surface area contributed by atoms with Crippen LogP contribution in [0.25, 0.3) is 0 Å². The van der Waals surface area contributed by atoms with Gasteiger partial charge in [-0.3, -0.25) is 0 Å². The third-order valence-corrected chi connectivity index (χ3v) is 6.07. The van der Waals surface area contributed by atoms with Crippen LogP contribution in [-0.4, -0.2) is 0 Å². The van der Waals surface area contributed by atoms with Gasteiger partial charge in [-0.1, -0.05) is 39.3 Å². The van der Waals surface area contributed by atoms with Crippen molar-refractivity contribution in [1.82, 2.24) is 0 Å². The quantitative estimate of drug-likeness (QED) is 0.513. The van der Waals surface area contributed by atoms with E-state index in [-0.39, 0.29) is 0 Å². The Kier molecular flexibility index (Phi) is 1.79. The van der Waals surface area contributed by atoms with Gasteiger partial charge in [0.25, 0.3) is 0 Å². The highest BCUT2D eigenvalue weighted by atomic mass is 14.7. The summed E-state index contributed by atoms with van der Waals surface area (Å²) in [7, 11) is 0. The lowest BCUT2D eigenvalue weighted by Crippen LogP contribution is -2.28. The van der Waals surface area contributed by atoms with E-state index in [9.17, 15) is 0 Å². The van der Waals surface area contributed by atoms with Gasteiger partial charge in [-0.05, 0) is 54.3 Å². The van der Waals surface area contributed by atoms with E-state index in [1.54, 1.807) is 5.57 Å². The highest BCUT2D eigenvalue weighted by molar-refractivity contribution is 5.29. The minimum Gasteiger partial charge on any atom is -0.0990 e. The van der Waals surface area contributed by atoms with Crippen molar-refractivity contribution < 1.29 is 0 Å². The molecule has 3 saturated carbocycles. The Balaban J connectivity index is 2.10. The molecule has 0 amide bonds. The first kappa shape index (κ1) is 9.93. The minimum absolute atomic E-state index is 0.515. The van der Waals surface area contributed by atoms with Gasteiger partial charge in [-0.15, -0.1) is 0 Å². The molecule has 0 spiro atoms. The molecule has 15 heavy (non-hydrogen) atoms. The summed E-state index contributed by atoms with van der Waals surface area (Å²) in [6.07, 6.45) is 7.18. The van der Waals surface area contributed by atoms with Crippen molar-refractivity contribution in [2.45, 2.75) is 52.9 Å². The number of hydrogen-bond acceptors (Lipinski definition) is 0. The molecule has 0 heterocycles. The van der Waals surface area contributed by atoms with Gasteiger partial charge >= 0.3 is 0 Å².